The first-order valence-electron chi connectivity index (χ1n) is 9.37. The van der Waals surface area contributed by atoms with Crippen LogP contribution >= 0.6 is 0 Å². The van der Waals surface area contributed by atoms with Crippen LogP contribution < -0.4 is 5.32 Å². The smallest absolute Gasteiger partial charge is 0.253 e. The molecule has 2 aromatic carbocycles. The van der Waals surface area contributed by atoms with Gasteiger partial charge in [0.1, 0.15) is 0 Å². The van der Waals surface area contributed by atoms with Crippen molar-refractivity contribution in [1.29, 1.82) is 0 Å². The molecule has 0 saturated heterocycles. The molecule has 0 aliphatic carbocycles. The van der Waals surface area contributed by atoms with E-state index in [0.29, 0.717) is 17.7 Å². The zero-order chi connectivity index (χ0) is 18.8. The number of nitrogens with one attached hydrogen (secondary N) is 1. The molecule has 0 aromatic heterocycles. The Bertz CT molecular complexity index is 690. The topological polar surface area (TPSA) is 49.4 Å². The molecular weight excluding hydrogens is 324 g/mol. The molecule has 2 rings (SSSR count). The molecule has 0 fully saturated rings. The van der Waals surface area contributed by atoms with E-state index in [1.807, 2.05) is 35.2 Å². The zero-order valence-electron chi connectivity index (χ0n) is 15.7. The van der Waals surface area contributed by atoms with E-state index in [0.717, 1.165) is 32.4 Å². The van der Waals surface area contributed by atoms with E-state index >= 15 is 0 Å². The SMILES string of the molecule is CCCN(CCC)C(=O)c1ccc(C(=O)NCCc2ccccc2)cc1. The molecule has 0 spiro atoms. The van der Waals surface area contributed by atoms with E-state index in [1.54, 1.807) is 24.3 Å². The number of nitrogens with zero attached hydrogens (tertiary/aromatic N) is 1. The maximum Gasteiger partial charge on any atom is 0.253 e. The number of carbonyl (C=O) groups excluding carboxylic acids is 2. The number of benzene rings is 2. The Morgan fingerprint density at radius 3 is 2.00 bits per heavy atom. The summed E-state index contributed by atoms with van der Waals surface area (Å²) in [6.07, 6.45) is 2.67. The van der Waals surface area contributed by atoms with Crippen LogP contribution in [0.5, 0.6) is 0 Å². The molecule has 0 radical (unpaired) electrons. The fourth-order valence-corrected chi connectivity index (χ4v) is 2.87. The maximum absolute atomic E-state index is 12.6. The van der Waals surface area contributed by atoms with Crippen molar-refractivity contribution in [1.82, 2.24) is 10.2 Å². The zero-order valence-corrected chi connectivity index (χ0v) is 15.7. The van der Waals surface area contributed by atoms with Crippen LogP contribution in [0.1, 0.15) is 53.0 Å². The Morgan fingerprint density at radius 1 is 0.846 bits per heavy atom. The Morgan fingerprint density at radius 2 is 1.42 bits per heavy atom. The van der Waals surface area contributed by atoms with Crippen LogP contribution in [0.25, 0.3) is 0 Å². The maximum atomic E-state index is 12.6. The molecule has 0 atom stereocenters. The lowest BCUT2D eigenvalue weighted by molar-refractivity contribution is 0.0755. The second kappa shape index (κ2) is 10.4. The van der Waals surface area contributed by atoms with E-state index in [2.05, 4.69) is 19.2 Å². The van der Waals surface area contributed by atoms with Gasteiger partial charge in [0, 0.05) is 30.8 Å². The van der Waals surface area contributed by atoms with Gasteiger partial charge in [-0.05, 0) is 49.1 Å². The lowest BCUT2D eigenvalue weighted by Gasteiger charge is -2.21. The Balaban J connectivity index is 1.91. The van der Waals surface area contributed by atoms with Crippen LogP contribution in [0, 0.1) is 0 Å². The predicted molar refractivity (Wildman–Crippen MR) is 105 cm³/mol. The van der Waals surface area contributed by atoms with Crippen LogP contribution in [0.2, 0.25) is 0 Å². The van der Waals surface area contributed by atoms with Crippen molar-refractivity contribution in [3.8, 4) is 0 Å². The fourth-order valence-electron chi connectivity index (χ4n) is 2.87. The Labute approximate surface area is 156 Å². The standard InChI is InChI=1S/C22H28N2O2/c1-3-16-24(17-4-2)22(26)20-12-10-19(11-13-20)21(25)23-15-14-18-8-6-5-7-9-18/h5-13H,3-4,14-17H2,1-2H3,(H,23,25). The highest BCUT2D eigenvalue weighted by Crippen LogP contribution is 2.09. The lowest BCUT2D eigenvalue weighted by Crippen LogP contribution is -2.32. The first-order valence-corrected chi connectivity index (χ1v) is 9.37. The number of hydrogen-bond donors (Lipinski definition) is 1. The van der Waals surface area contributed by atoms with E-state index < -0.39 is 0 Å². The molecule has 0 aliphatic rings. The second-order valence-corrected chi connectivity index (χ2v) is 6.36. The second-order valence-electron chi connectivity index (χ2n) is 6.36. The van der Waals surface area contributed by atoms with Gasteiger partial charge in [-0.1, -0.05) is 44.2 Å². The third-order valence-electron chi connectivity index (χ3n) is 4.21. The number of amides is 2. The quantitative estimate of drug-likeness (QED) is 0.743. The summed E-state index contributed by atoms with van der Waals surface area (Å²) in [5, 5.41) is 2.93. The van der Waals surface area contributed by atoms with E-state index in [9.17, 15) is 9.59 Å². The van der Waals surface area contributed by atoms with Crippen LogP contribution in [-0.2, 0) is 6.42 Å². The minimum absolute atomic E-state index is 0.0322. The molecule has 138 valence electrons. The van der Waals surface area contributed by atoms with Crippen molar-refractivity contribution in [2.45, 2.75) is 33.1 Å². The molecule has 2 aromatic rings. The summed E-state index contributed by atoms with van der Waals surface area (Å²) in [6.45, 7) is 6.24. The van der Waals surface area contributed by atoms with Gasteiger partial charge in [-0.2, -0.15) is 0 Å². The highest BCUT2D eigenvalue weighted by molar-refractivity contribution is 5.97. The van der Waals surface area contributed by atoms with Crippen molar-refractivity contribution in [2.24, 2.45) is 0 Å². The number of rotatable bonds is 9. The average molecular weight is 352 g/mol. The molecule has 4 nitrogen and oxygen atoms in total. The van der Waals surface area contributed by atoms with Gasteiger partial charge in [0.25, 0.3) is 11.8 Å². The minimum atomic E-state index is -0.112. The van der Waals surface area contributed by atoms with Crippen LogP contribution in [0.3, 0.4) is 0 Å². The molecule has 0 bridgehead atoms. The third-order valence-corrected chi connectivity index (χ3v) is 4.21. The molecule has 26 heavy (non-hydrogen) atoms. The summed E-state index contributed by atoms with van der Waals surface area (Å²) < 4.78 is 0. The van der Waals surface area contributed by atoms with Crippen LogP contribution in [0.15, 0.2) is 54.6 Å². The molecule has 0 saturated carbocycles. The Kier molecular flexibility index (Phi) is 7.87. The normalized spacial score (nSPS) is 10.4. The molecule has 0 unspecified atom stereocenters. The van der Waals surface area contributed by atoms with Crippen LogP contribution in [-0.4, -0.2) is 36.3 Å². The van der Waals surface area contributed by atoms with E-state index in [-0.39, 0.29) is 11.8 Å². The van der Waals surface area contributed by atoms with Crippen LogP contribution in [0.4, 0.5) is 0 Å². The van der Waals surface area contributed by atoms with Gasteiger partial charge in [0.05, 0.1) is 0 Å². The number of hydrogen-bond acceptors (Lipinski definition) is 2. The van der Waals surface area contributed by atoms with Crippen molar-refractivity contribution in [2.75, 3.05) is 19.6 Å². The van der Waals surface area contributed by atoms with E-state index in [4.69, 9.17) is 0 Å². The summed E-state index contributed by atoms with van der Waals surface area (Å²) in [6, 6.07) is 17.0. The average Bonchev–Trinajstić information content (AvgIpc) is 2.68. The van der Waals surface area contributed by atoms with Gasteiger partial charge >= 0.3 is 0 Å². The van der Waals surface area contributed by atoms with E-state index in [1.165, 1.54) is 5.56 Å². The summed E-state index contributed by atoms with van der Waals surface area (Å²) >= 11 is 0. The monoisotopic (exact) mass is 352 g/mol. The highest BCUT2D eigenvalue weighted by Gasteiger charge is 2.14. The molecular formula is C22H28N2O2. The van der Waals surface area contributed by atoms with Crippen molar-refractivity contribution < 1.29 is 9.59 Å². The summed E-state index contributed by atoms with van der Waals surface area (Å²) in [7, 11) is 0. The Hall–Kier alpha value is -2.62. The van der Waals surface area contributed by atoms with Gasteiger partial charge in [-0.3, -0.25) is 9.59 Å². The molecule has 2 amide bonds. The first-order chi connectivity index (χ1) is 12.7. The fraction of sp³-hybridized carbons (Fsp3) is 0.364. The third kappa shape index (κ3) is 5.73. The molecule has 1 N–H and O–H groups in total. The highest BCUT2D eigenvalue weighted by atomic mass is 16.2. The van der Waals surface area contributed by atoms with Crippen molar-refractivity contribution in [3.63, 3.8) is 0 Å². The van der Waals surface area contributed by atoms with Gasteiger partial charge in [0.15, 0.2) is 0 Å². The molecule has 0 heterocycles. The lowest BCUT2D eigenvalue weighted by atomic mass is 10.1. The number of carbonyl (C=O) groups is 2. The summed E-state index contributed by atoms with van der Waals surface area (Å²) in [5.41, 5.74) is 2.40. The summed E-state index contributed by atoms with van der Waals surface area (Å²) in [4.78, 5) is 26.7. The van der Waals surface area contributed by atoms with Crippen molar-refractivity contribution >= 4 is 11.8 Å². The van der Waals surface area contributed by atoms with Gasteiger partial charge < -0.3 is 10.2 Å². The van der Waals surface area contributed by atoms with Gasteiger partial charge in [-0.15, -0.1) is 0 Å². The predicted octanol–water partition coefficient (Wildman–Crippen LogP) is 3.92. The van der Waals surface area contributed by atoms with Crippen molar-refractivity contribution in [3.05, 3.63) is 71.3 Å². The molecule has 4 heteroatoms. The summed E-state index contributed by atoms with van der Waals surface area (Å²) in [5.74, 6) is -0.0800. The van der Waals surface area contributed by atoms with Gasteiger partial charge in [0.2, 0.25) is 0 Å². The van der Waals surface area contributed by atoms with Gasteiger partial charge in [-0.25, -0.2) is 0 Å². The molecule has 0 aliphatic heterocycles. The minimum Gasteiger partial charge on any atom is -0.352 e. The first kappa shape index (κ1) is 19.7. The largest absolute Gasteiger partial charge is 0.352 e.